The zero-order chi connectivity index (χ0) is 13.1. The molecule has 1 fully saturated rings. The second kappa shape index (κ2) is 6.23. The first kappa shape index (κ1) is 14.1. The van der Waals surface area contributed by atoms with Crippen LogP contribution in [-0.4, -0.2) is 57.1 Å². The Bertz CT molecular complexity index is 314. The monoisotopic (exact) mass is 274 g/mol. The molecule has 0 saturated heterocycles. The number of unbranched alkanes of at least 4 members (excludes halogenated alkanes) is 1. The number of hydrogen-bond acceptors (Lipinski definition) is 6. The van der Waals surface area contributed by atoms with E-state index in [0.29, 0.717) is 6.42 Å². The lowest BCUT2D eigenvalue weighted by Gasteiger charge is -2.37. The molecule has 18 heavy (non-hydrogen) atoms. The summed E-state index contributed by atoms with van der Waals surface area (Å²) in [6.45, 7) is 2.95. The van der Waals surface area contributed by atoms with Crippen molar-refractivity contribution in [2.45, 2.75) is 49.7 Å². The Kier molecular flexibility index (Phi) is 4.89. The molecule has 1 aliphatic heterocycles. The van der Waals surface area contributed by atoms with Gasteiger partial charge in [-0.3, -0.25) is 4.99 Å². The summed E-state index contributed by atoms with van der Waals surface area (Å²) in [5.41, 5.74) is 0. The van der Waals surface area contributed by atoms with Gasteiger partial charge < -0.3 is 20.6 Å². The molecule has 5 nitrogen and oxygen atoms in total. The number of aliphatic hydroxyl groups is 3. The molecule has 1 aliphatic carbocycles. The van der Waals surface area contributed by atoms with Crippen LogP contribution in [0.3, 0.4) is 0 Å². The summed E-state index contributed by atoms with van der Waals surface area (Å²) in [7, 11) is 0. The molecule has 4 N–H and O–H groups in total. The summed E-state index contributed by atoms with van der Waals surface area (Å²) >= 11 is 1.63. The standard InChI is InChI=1S/C12H22N2O3S/c1-2-3-4-13-12-14-9-8(18-12)5-7(6-15)10(16)11(9)17/h7-11,15-17H,2-6H2,1H3,(H,13,14)/t7-,8-,9-,10-,11-/m1/s1. The third kappa shape index (κ3) is 2.82. The predicted octanol–water partition coefficient (Wildman–Crippen LogP) is -0.0499. The molecule has 2 aliphatic rings. The lowest BCUT2D eigenvalue weighted by molar-refractivity contribution is -0.0646. The van der Waals surface area contributed by atoms with Crippen molar-refractivity contribution >= 4 is 16.9 Å². The fraction of sp³-hybridized carbons (Fsp3) is 0.917. The van der Waals surface area contributed by atoms with Gasteiger partial charge in [-0.1, -0.05) is 25.1 Å². The summed E-state index contributed by atoms with van der Waals surface area (Å²) in [6, 6.07) is -0.239. The van der Waals surface area contributed by atoms with E-state index in [-0.39, 0.29) is 23.8 Å². The number of fused-ring (bicyclic) bond motifs is 1. The average Bonchev–Trinajstić information content (AvgIpc) is 2.77. The molecule has 0 spiro atoms. The predicted molar refractivity (Wildman–Crippen MR) is 72.7 cm³/mol. The van der Waals surface area contributed by atoms with Crippen LogP contribution in [0.25, 0.3) is 0 Å². The summed E-state index contributed by atoms with van der Waals surface area (Å²) in [4.78, 5) is 4.46. The second-order valence-electron chi connectivity index (χ2n) is 5.02. The van der Waals surface area contributed by atoms with Crippen LogP contribution in [-0.2, 0) is 0 Å². The molecular weight excluding hydrogens is 252 g/mol. The first-order chi connectivity index (χ1) is 8.67. The van der Waals surface area contributed by atoms with Gasteiger partial charge in [0.25, 0.3) is 0 Å². The Morgan fingerprint density at radius 3 is 2.83 bits per heavy atom. The van der Waals surface area contributed by atoms with Crippen LogP contribution in [0.15, 0.2) is 4.99 Å². The fourth-order valence-corrected chi connectivity index (χ4v) is 3.87. The summed E-state index contributed by atoms with van der Waals surface area (Å²) in [5.74, 6) is -0.237. The largest absolute Gasteiger partial charge is 0.396 e. The van der Waals surface area contributed by atoms with Gasteiger partial charge in [-0.15, -0.1) is 0 Å². The smallest absolute Gasteiger partial charge is 0.157 e. The molecule has 0 unspecified atom stereocenters. The minimum atomic E-state index is -0.865. The molecule has 0 bridgehead atoms. The number of rotatable bonds is 4. The van der Waals surface area contributed by atoms with Crippen molar-refractivity contribution < 1.29 is 15.3 Å². The first-order valence-corrected chi connectivity index (χ1v) is 7.50. The molecular formula is C12H22N2O3S. The highest BCUT2D eigenvalue weighted by Gasteiger charge is 2.46. The van der Waals surface area contributed by atoms with Crippen molar-refractivity contribution in [3.8, 4) is 0 Å². The van der Waals surface area contributed by atoms with Crippen molar-refractivity contribution in [2.24, 2.45) is 10.9 Å². The Labute approximate surface area is 112 Å². The third-order valence-electron chi connectivity index (χ3n) is 3.67. The molecule has 1 saturated carbocycles. The maximum Gasteiger partial charge on any atom is 0.157 e. The van der Waals surface area contributed by atoms with Crippen LogP contribution < -0.4 is 5.32 Å². The minimum Gasteiger partial charge on any atom is -0.396 e. The van der Waals surface area contributed by atoms with Crippen molar-refractivity contribution in [1.29, 1.82) is 0 Å². The molecule has 1 heterocycles. The number of thioether (sulfide) groups is 1. The molecule has 0 amide bonds. The second-order valence-corrected chi connectivity index (χ2v) is 6.25. The maximum absolute atomic E-state index is 10.0. The highest BCUT2D eigenvalue weighted by atomic mass is 32.2. The van der Waals surface area contributed by atoms with Crippen molar-refractivity contribution in [2.75, 3.05) is 13.2 Å². The summed E-state index contributed by atoms with van der Waals surface area (Å²) < 4.78 is 0. The SMILES string of the molecule is CCCCNC1=N[C@H]2[C@@H](O)[C@H](O)[C@@H](CO)C[C@H]2S1. The summed E-state index contributed by atoms with van der Waals surface area (Å²) in [6.07, 6.45) is 1.20. The number of nitrogens with one attached hydrogen (secondary N) is 1. The topological polar surface area (TPSA) is 85.1 Å². The van der Waals surface area contributed by atoms with Gasteiger partial charge >= 0.3 is 0 Å². The van der Waals surface area contributed by atoms with E-state index in [0.717, 1.165) is 24.6 Å². The number of aliphatic imine (C=N–C) groups is 1. The van der Waals surface area contributed by atoms with Gasteiger partial charge in [0, 0.05) is 24.3 Å². The molecule has 0 aromatic rings. The Balaban J connectivity index is 1.95. The quantitative estimate of drug-likeness (QED) is 0.540. The molecule has 2 rings (SSSR count). The van der Waals surface area contributed by atoms with E-state index in [1.807, 2.05) is 0 Å². The van der Waals surface area contributed by atoms with Crippen molar-refractivity contribution in [1.82, 2.24) is 5.32 Å². The number of nitrogens with zero attached hydrogens (tertiary/aromatic N) is 1. The lowest BCUT2D eigenvalue weighted by atomic mass is 9.81. The molecule has 0 radical (unpaired) electrons. The molecule has 0 aromatic heterocycles. The Morgan fingerprint density at radius 2 is 2.17 bits per heavy atom. The van der Waals surface area contributed by atoms with Gasteiger partial charge in [-0.05, 0) is 12.8 Å². The van der Waals surface area contributed by atoms with Gasteiger partial charge in [0.2, 0.25) is 0 Å². The van der Waals surface area contributed by atoms with Gasteiger partial charge in [-0.2, -0.15) is 0 Å². The van der Waals surface area contributed by atoms with Crippen LogP contribution in [0.4, 0.5) is 0 Å². The Morgan fingerprint density at radius 1 is 1.39 bits per heavy atom. The molecule has 104 valence electrons. The molecule has 5 atom stereocenters. The third-order valence-corrected chi connectivity index (χ3v) is 4.92. The zero-order valence-corrected chi connectivity index (χ0v) is 11.4. The fourth-order valence-electron chi connectivity index (χ4n) is 2.51. The van der Waals surface area contributed by atoms with E-state index >= 15 is 0 Å². The average molecular weight is 274 g/mol. The van der Waals surface area contributed by atoms with Crippen LogP contribution in [0, 0.1) is 5.92 Å². The van der Waals surface area contributed by atoms with Gasteiger partial charge in [0.05, 0.1) is 12.1 Å². The van der Waals surface area contributed by atoms with E-state index in [1.54, 1.807) is 11.8 Å². The number of hydrogen-bond donors (Lipinski definition) is 4. The van der Waals surface area contributed by atoms with Gasteiger partial charge in [0.1, 0.15) is 6.10 Å². The number of amidine groups is 1. The van der Waals surface area contributed by atoms with E-state index in [2.05, 4.69) is 17.2 Å². The van der Waals surface area contributed by atoms with Crippen LogP contribution in [0.1, 0.15) is 26.2 Å². The van der Waals surface area contributed by atoms with Crippen LogP contribution in [0.2, 0.25) is 0 Å². The summed E-state index contributed by atoms with van der Waals surface area (Å²) in [5, 5.41) is 33.4. The normalized spacial score (nSPS) is 39.3. The van der Waals surface area contributed by atoms with Crippen molar-refractivity contribution in [3.63, 3.8) is 0 Å². The molecule has 0 aromatic carbocycles. The zero-order valence-electron chi connectivity index (χ0n) is 10.6. The highest BCUT2D eigenvalue weighted by molar-refractivity contribution is 8.14. The van der Waals surface area contributed by atoms with Gasteiger partial charge in [-0.25, -0.2) is 0 Å². The minimum absolute atomic E-state index is 0.0827. The van der Waals surface area contributed by atoms with Crippen molar-refractivity contribution in [3.05, 3.63) is 0 Å². The Hall–Kier alpha value is -0.300. The first-order valence-electron chi connectivity index (χ1n) is 6.62. The van der Waals surface area contributed by atoms with E-state index in [9.17, 15) is 15.3 Å². The lowest BCUT2D eigenvalue weighted by Crippen LogP contribution is -2.51. The number of aliphatic hydroxyl groups excluding tert-OH is 3. The van der Waals surface area contributed by atoms with Crippen LogP contribution >= 0.6 is 11.8 Å². The van der Waals surface area contributed by atoms with E-state index in [1.165, 1.54) is 0 Å². The maximum atomic E-state index is 10.0. The molecule has 6 heteroatoms. The van der Waals surface area contributed by atoms with Gasteiger partial charge in [0.15, 0.2) is 5.17 Å². The van der Waals surface area contributed by atoms with E-state index < -0.39 is 12.2 Å². The van der Waals surface area contributed by atoms with Crippen LogP contribution in [0.5, 0.6) is 0 Å². The van der Waals surface area contributed by atoms with E-state index in [4.69, 9.17) is 0 Å². The highest BCUT2D eigenvalue weighted by Crippen LogP contribution is 2.39.